The Balaban J connectivity index is 0.00000225. The molecule has 80 valence electrons. The van der Waals surface area contributed by atoms with Gasteiger partial charge in [0.05, 0.1) is 11.9 Å². The molecule has 4 heteroatoms. The summed E-state index contributed by atoms with van der Waals surface area (Å²) in [4.78, 5) is 22.3. The van der Waals surface area contributed by atoms with Gasteiger partial charge in [0.2, 0.25) is 0 Å². The number of carbonyl (C=O) groups excluding carboxylic acids is 2. The van der Waals surface area contributed by atoms with Gasteiger partial charge in [0.15, 0.2) is 5.78 Å². The van der Waals surface area contributed by atoms with Crippen molar-refractivity contribution < 1.29 is 66.1 Å². The summed E-state index contributed by atoms with van der Waals surface area (Å²) in [5, 5.41) is 10.6. The Morgan fingerprint density at radius 1 is 1.31 bits per heavy atom. The minimum Gasteiger partial charge on any atom is -0.549 e. The van der Waals surface area contributed by atoms with Crippen molar-refractivity contribution in [1.29, 1.82) is 0 Å². The summed E-state index contributed by atoms with van der Waals surface area (Å²) in [6, 6.07) is 7.05. The second-order valence-electron chi connectivity index (χ2n) is 3.42. The van der Waals surface area contributed by atoms with Crippen LogP contribution in [0.1, 0.15) is 29.8 Å². The number of hydrogen-bond acceptors (Lipinski definition) is 3. The molecule has 0 saturated carbocycles. The van der Waals surface area contributed by atoms with Gasteiger partial charge in [-0.2, -0.15) is 0 Å². The predicted octanol–water partition coefficient (Wildman–Crippen LogP) is -2.18. The van der Waals surface area contributed by atoms with Crippen molar-refractivity contribution >= 4 is 11.8 Å². The summed E-state index contributed by atoms with van der Waals surface area (Å²) in [6.07, 6.45) is 0.710. The molecule has 0 spiro atoms. The SMILES string of the molecule is CCc1ccccc1C(=O)C(C)C(=O)[O-].[K+]. The Kier molecular flexibility index (Phi) is 7.35. The van der Waals surface area contributed by atoms with Crippen molar-refractivity contribution in [2.24, 2.45) is 5.92 Å². The van der Waals surface area contributed by atoms with Gasteiger partial charge in [0, 0.05) is 5.56 Å². The molecule has 16 heavy (non-hydrogen) atoms. The largest absolute Gasteiger partial charge is 1.00 e. The molecular weight excluding hydrogens is 231 g/mol. The third kappa shape index (κ3) is 3.78. The number of ketones is 1. The van der Waals surface area contributed by atoms with Gasteiger partial charge in [0.25, 0.3) is 0 Å². The summed E-state index contributed by atoms with van der Waals surface area (Å²) in [6.45, 7) is 3.28. The van der Waals surface area contributed by atoms with E-state index < -0.39 is 11.9 Å². The van der Waals surface area contributed by atoms with Crippen LogP contribution < -0.4 is 56.5 Å². The predicted molar refractivity (Wildman–Crippen MR) is 54.3 cm³/mol. The zero-order chi connectivity index (χ0) is 11.4. The second-order valence-corrected chi connectivity index (χ2v) is 3.42. The quantitative estimate of drug-likeness (QED) is 0.344. The number of Topliss-reactive ketones (excluding diaryl/α,β-unsaturated/α-hetero) is 1. The van der Waals surface area contributed by atoms with Gasteiger partial charge in [-0.1, -0.05) is 31.2 Å². The summed E-state index contributed by atoms with van der Waals surface area (Å²) in [5.74, 6) is -2.80. The maximum absolute atomic E-state index is 11.7. The van der Waals surface area contributed by atoms with Gasteiger partial charge in [-0.05, 0) is 18.9 Å². The number of aryl methyl sites for hydroxylation is 1. The molecule has 1 aromatic carbocycles. The van der Waals surface area contributed by atoms with E-state index in [1.807, 2.05) is 19.1 Å². The van der Waals surface area contributed by atoms with Crippen LogP contribution in [0.3, 0.4) is 0 Å². The first kappa shape index (κ1) is 16.0. The van der Waals surface area contributed by atoms with Crippen LogP contribution in [0.15, 0.2) is 24.3 Å². The van der Waals surface area contributed by atoms with Crippen LogP contribution in [-0.2, 0) is 11.2 Å². The smallest absolute Gasteiger partial charge is 0.549 e. The van der Waals surface area contributed by atoms with E-state index in [9.17, 15) is 14.7 Å². The van der Waals surface area contributed by atoms with E-state index >= 15 is 0 Å². The molecule has 1 unspecified atom stereocenters. The van der Waals surface area contributed by atoms with Crippen LogP contribution >= 0.6 is 0 Å². The first-order valence-electron chi connectivity index (χ1n) is 4.91. The average molecular weight is 244 g/mol. The fourth-order valence-corrected chi connectivity index (χ4v) is 1.41. The van der Waals surface area contributed by atoms with Crippen LogP contribution in [0.2, 0.25) is 0 Å². The standard InChI is InChI=1S/C12H14O3.K/c1-3-9-6-4-5-7-10(9)11(13)8(2)12(14)15;/h4-8H,3H2,1-2H3,(H,14,15);/q;+1/p-1. The molecule has 0 bridgehead atoms. The van der Waals surface area contributed by atoms with E-state index in [1.54, 1.807) is 12.1 Å². The van der Waals surface area contributed by atoms with Crippen molar-refractivity contribution in [2.75, 3.05) is 0 Å². The van der Waals surface area contributed by atoms with Crippen molar-refractivity contribution in [3.05, 3.63) is 35.4 Å². The van der Waals surface area contributed by atoms with Crippen LogP contribution in [-0.4, -0.2) is 11.8 Å². The van der Waals surface area contributed by atoms with Crippen molar-refractivity contribution in [1.82, 2.24) is 0 Å². The third-order valence-corrected chi connectivity index (χ3v) is 2.41. The number of benzene rings is 1. The van der Waals surface area contributed by atoms with E-state index in [4.69, 9.17) is 0 Å². The Morgan fingerprint density at radius 2 is 1.88 bits per heavy atom. The molecule has 0 aromatic heterocycles. The van der Waals surface area contributed by atoms with Crippen LogP contribution in [0.4, 0.5) is 0 Å². The molecular formula is C12H13KO3. The van der Waals surface area contributed by atoms with Crippen molar-refractivity contribution in [3.63, 3.8) is 0 Å². The fraction of sp³-hybridized carbons (Fsp3) is 0.333. The van der Waals surface area contributed by atoms with Gasteiger partial charge in [-0.25, -0.2) is 0 Å². The number of rotatable bonds is 4. The maximum Gasteiger partial charge on any atom is 1.00 e. The third-order valence-electron chi connectivity index (χ3n) is 2.41. The van der Waals surface area contributed by atoms with E-state index in [2.05, 4.69) is 0 Å². The molecule has 0 saturated heterocycles. The Labute approximate surface area is 138 Å². The Hall–Kier alpha value is -0.00364. The monoisotopic (exact) mass is 244 g/mol. The zero-order valence-corrected chi connectivity index (χ0v) is 12.9. The molecule has 0 N–H and O–H groups in total. The van der Waals surface area contributed by atoms with Crippen LogP contribution in [0.5, 0.6) is 0 Å². The molecule has 0 fully saturated rings. The average Bonchev–Trinajstić information content (AvgIpc) is 2.26. The number of aliphatic carboxylic acids is 1. The van der Waals surface area contributed by atoms with E-state index in [0.717, 1.165) is 5.56 Å². The molecule has 1 atom stereocenters. The second kappa shape index (κ2) is 7.35. The summed E-state index contributed by atoms with van der Waals surface area (Å²) < 4.78 is 0. The Bertz CT molecular complexity index is 388. The van der Waals surface area contributed by atoms with Gasteiger partial charge in [-0.15, -0.1) is 0 Å². The van der Waals surface area contributed by atoms with Gasteiger partial charge < -0.3 is 9.90 Å². The number of hydrogen-bond donors (Lipinski definition) is 0. The van der Waals surface area contributed by atoms with Crippen molar-refractivity contribution in [2.45, 2.75) is 20.3 Å². The molecule has 0 aliphatic heterocycles. The molecule has 0 heterocycles. The summed E-state index contributed by atoms with van der Waals surface area (Å²) in [7, 11) is 0. The number of carbonyl (C=O) groups is 2. The minimum absolute atomic E-state index is 0. The van der Waals surface area contributed by atoms with E-state index in [-0.39, 0.29) is 57.2 Å². The first-order valence-corrected chi connectivity index (χ1v) is 4.91. The maximum atomic E-state index is 11.7. The molecule has 0 radical (unpaired) electrons. The fourth-order valence-electron chi connectivity index (χ4n) is 1.41. The number of carboxylic acids is 1. The summed E-state index contributed by atoms with van der Waals surface area (Å²) >= 11 is 0. The molecule has 1 rings (SSSR count). The van der Waals surface area contributed by atoms with Gasteiger partial charge >= 0.3 is 51.4 Å². The van der Waals surface area contributed by atoms with Crippen LogP contribution in [0, 0.1) is 5.92 Å². The van der Waals surface area contributed by atoms with E-state index in [0.29, 0.717) is 12.0 Å². The van der Waals surface area contributed by atoms with Crippen molar-refractivity contribution in [3.8, 4) is 0 Å². The van der Waals surface area contributed by atoms with Gasteiger partial charge in [0.1, 0.15) is 0 Å². The number of carboxylic acid groups (broad SMARTS) is 1. The first-order chi connectivity index (χ1) is 7.07. The molecule has 1 aromatic rings. The summed E-state index contributed by atoms with van der Waals surface area (Å²) in [5.41, 5.74) is 1.35. The molecule has 3 nitrogen and oxygen atoms in total. The van der Waals surface area contributed by atoms with Gasteiger partial charge in [-0.3, -0.25) is 4.79 Å². The zero-order valence-electron chi connectivity index (χ0n) is 9.82. The molecule has 0 aliphatic rings. The van der Waals surface area contributed by atoms with Crippen LogP contribution in [0.25, 0.3) is 0 Å². The molecule has 0 amide bonds. The minimum atomic E-state index is -1.33. The topological polar surface area (TPSA) is 57.2 Å². The normalized spacial score (nSPS) is 11.4. The van der Waals surface area contributed by atoms with E-state index in [1.165, 1.54) is 6.92 Å². The molecule has 0 aliphatic carbocycles. The Morgan fingerprint density at radius 3 is 2.38 bits per heavy atom.